The molecule has 1 aliphatic heterocycles. The van der Waals surface area contributed by atoms with E-state index in [1.165, 1.54) is 17.2 Å². The highest BCUT2D eigenvalue weighted by molar-refractivity contribution is 7.91. The molecule has 8 heteroatoms. The largest absolute Gasteiger partial charge is 0.477 e. The van der Waals surface area contributed by atoms with Gasteiger partial charge in [-0.25, -0.2) is 17.9 Å². The van der Waals surface area contributed by atoms with Gasteiger partial charge >= 0.3 is 5.97 Å². The number of sulfonamides is 1. The van der Waals surface area contributed by atoms with Crippen molar-refractivity contribution in [1.82, 2.24) is 9.62 Å². The molecule has 0 radical (unpaired) electrons. The summed E-state index contributed by atoms with van der Waals surface area (Å²) in [4.78, 5) is 13.4. The molecule has 3 rings (SSSR count). The molecule has 0 saturated heterocycles. The number of hydrogen-bond acceptors (Lipinski definition) is 5. The summed E-state index contributed by atoms with van der Waals surface area (Å²) in [6.45, 7) is 5.58. The number of carbonyl (C=O) groups is 1. The van der Waals surface area contributed by atoms with Crippen LogP contribution >= 0.6 is 11.3 Å². The zero-order valence-corrected chi connectivity index (χ0v) is 16.4. The molecule has 140 valence electrons. The SMILES string of the molecule is Cc1cc(S(=O)(=O)NCC(C)N2CCc3ccccc3C2)sc1C(=O)O. The second-order valence-electron chi connectivity index (χ2n) is 6.57. The molecule has 0 fully saturated rings. The van der Waals surface area contributed by atoms with Gasteiger partial charge in [-0.2, -0.15) is 0 Å². The molecule has 1 aromatic carbocycles. The molecular formula is C18H22N2O4S2. The highest BCUT2D eigenvalue weighted by Gasteiger charge is 2.25. The maximum atomic E-state index is 12.5. The topological polar surface area (TPSA) is 86.7 Å². The van der Waals surface area contributed by atoms with Crippen molar-refractivity contribution in [2.75, 3.05) is 13.1 Å². The normalized spacial score (nSPS) is 16.2. The lowest BCUT2D eigenvalue weighted by atomic mass is 9.99. The molecule has 0 aliphatic carbocycles. The summed E-state index contributed by atoms with van der Waals surface area (Å²) in [7, 11) is -3.71. The van der Waals surface area contributed by atoms with Gasteiger partial charge < -0.3 is 5.11 Å². The number of aryl methyl sites for hydroxylation is 1. The maximum absolute atomic E-state index is 12.5. The Morgan fingerprint density at radius 1 is 1.35 bits per heavy atom. The van der Waals surface area contributed by atoms with Crippen molar-refractivity contribution in [1.29, 1.82) is 0 Å². The smallest absolute Gasteiger partial charge is 0.346 e. The first-order valence-corrected chi connectivity index (χ1v) is 10.7. The van der Waals surface area contributed by atoms with E-state index < -0.39 is 16.0 Å². The molecule has 6 nitrogen and oxygen atoms in total. The van der Waals surface area contributed by atoms with Crippen LogP contribution in [0.3, 0.4) is 0 Å². The summed E-state index contributed by atoms with van der Waals surface area (Å²) in [5.74, 6) is -1.10. The number of thiophene rings is 1. The van der Waals surface area contributed by atoms with E-state index in [4.69, 9.17) is 5.11 Å². The molecular weight excluding hydrogens is 372 g/mol. The summed E-state index contributed by atoms with van der Waals surface area (Å²) in [6, 6.07) is 9.77. The van der Waals surface area contributed by atoms with Crippen molar-refractivity contribution in [3.05, 3.63) is 51.9 Å². The minimum absolute atomic E-state index is 0.0399. The van der Waals surface area contributed by atoms with Gasteiger partial charge in [0.05, 0.1) is 0 Å². The van der Waals surface area contributed by atoms with Crippen LogP contribution in [-0.4, -0.2) is 43.5 Å². The van der Waals surface area contributed by atoms with Gasteiger partial charge in [-0.05, 0) is 43.0 Å². The van der Waals surface area contributed by atoms with E-state index >= 15 is 0 Å². The van der Waals surface area contributed by atoms with Gasteiger partial charge in [0, 0.05) is 25.7 Å². The third-order valence-corrected chi connectivity index (χ3v) is 7.83. The lowest BCUT2D eigenvalue weighted by molar-refractivity contribution is 0.0701. The summed E-state index contributed by atoms with van der Waals surface area (Å²) in [5.41, 5.74) is 3.10. The Bertz CT molecular complexity index is 921. The molecule has 1 atom stereocenters. The van der Waals surface area contributed by atoms with Gasteiger partial charge in [-0.3, -0.25) is 4.90 Å². The number of hydrogen-bond donors (Lipinski definition) is 2. The van der Waals surface area contributed by atoms with Crippen LogP contribution in [0.5, 0.6) is 0 Å². The third kappa shape index (κ3) is 3.98. The summed E-state index contributed by atoms with van der Waals surface area (Å²) in [5, 5.41) is 9.10. The van der Waals surface area contributed by atoms with Crippen LogP contribution in [0, 0.1) is 6.92 Å². The van der Waals surface area contributed by atoms with E-state index in [-0.39, 0.29) is 21.7 Å². The van der Waals surface area contributed by atoms with E-state index in [2.05, 4.69) is 21.8 Å². The third-order valence-electron chi connectivity index (χ3n) is 4.71. The Hall–Kier alpha value is -1.74. The lowest BCUT2D eigenvalue weighted by Gasteiger charge is -2.33. The van der Waals surface area contributed by atoms with Gasteiger partial charge in [0.15, 0.2) is 0 Å². The van der Waals surface area contributed by atoms with E-state index in [1.54, 1.807) is 6.92 Å². The first-order chi connectivity index (χ1) is 12.3. The van der Waals surface area contributed by atoms with Crippen molar-refractivity contribution in [2.45, 2.75) is 37.1 Å². The highest BCUT2D eigenvalue weighted by atomic mass is 32.2. The van der Waals surface area contributed by atoms with Crippen LogP contribution in [-0.2, 0) is 23.0 Å². The number of rotatable bonds is 6. The van der Waals surface area contributed by atoms with E-state index in [0.717, 1.165) is 30.8 Å². The molecule has 1 aliphatic rings. The fourth-order valence-corrected chi connectivity index (χ4v) is 5.67. The monoisotopic (exact) mass is 394 g/mol. The fourth-order valence-electron chi connectivity index (χ4n) is 3.12. The molecule has 26 heavy (non-hydrogen) atoms. The zero-order valence-electron chi connectivity index (χ0n) is 14.7. The van der Waals surface area contributed by atoms with Gasteiger partial charge in [0.2, 0.25) is 10.0 Å². The molecule has 2 heterocycles. The van der Waals surface area contributed by atoms with Crippen molar-refractivity contribution >= 4 is 27.3 Å². The summed E-state index contributed by atoms with van der Waals surface area (Å²) < 4.78 is 27.7. The number of carboxylic acid groups (broad SMARTS) is 1. The van der Waals surface area contributed by atoms with Gasteiger partial charge in [-0.15, -0.1) is 11.3 Å². The Balaban J connectivity index is 1.65. The molecule has 1 unspecified atom stereocenters. The van der Waals surface area contributed by atoms with Crippen molar-refractivity contribution < 1.29 is 18.3 Å². The average Bonchev–Trinajstić information content (AvgIpc) is 3.02. The molecule has 0 amide bonds. The van der Waals surface area contributed by atoms with Crippen molar-refractivity contribution in [3.63, 3.8) is 0 Å². The minimum Gasteiger partial charge on any atom is -0.477 e. The summed E-state index contributed by atoms with van der Waals surface area (Å²) in [6.07, 6.45) is 0.958. The first-order valence-electron chi connectivity index (χ1n) is 8.42. The molecule has 0 spiro atoms. The van der Waals surface area contributed by atoms with E-state index in [1.807, 2.05) is 19.1 Å². The molecule has 0 saturated carbocycles. The van der Waals surface area contributed by atoms with Crippen LogP contribution in [0.15, 0.2) is 34.5 Å². The second-order valence-corrected chi connectivity index (χ2v) is 9.62. The minimum atomic E-state index is -3.71. The Morgan fingerprint density at radius 2 is 2.04 bits per heavy atom. The van der Waals surface area contributed by atoms with Crippen LogP contribution in [0.25, 0.3) is 0 Å². The van der Waals surface area contributed by atoms with Crippen LogP contribution in [0.4, 0.5) is 0 Å². The van der Waals surface area contributed by atoms with Gasteiger partial charge in [0.25, 0.3) is 0 Å². The predicted molar refractivity (Wildman–Crippen MR) is 101 cm³/mol. The molecule has 2 N–H and O–H groups in total. The van der Waals surface area contributed by atoms with Crippen LogP contribution in [0.2, 0.25) is 0 Å². The Labute approximate surface area is 157 Å². The average molecular weight is 395 g/mol. The quantitative estimate of drug-likeness (QED) is 0.786. The van der Waals surface area contributed by atoms with Gasteiger partial charge in [-0.1, -0.05) is 24.3 Å². The number of nitrogens with one attached hydrogen (secondary N) is 1. The van der Waals surface area contributed by atoms with Crippen molar-refractivity contribution in [3.8, 4) is 0 Å². The molecule has 1 aromatic heterocycles. The van der Waals surface area contributed by atoms with E-state index in [0.29, 0.717) is 5.56 Å². The predicted octanol–water partition coefficient (Wildman–Crippen LogP) is 2.48. The zero-order chi connectivity index (χ0) is 18.9. The standard InChI is InChI=1S/C18H22N2O4S2/c1-12-9-16(25-17(12)18(21)22)26(23,24)19-10-13(2)20-8-7-14-5-3-4-6-15(14)11-20/h3-6,9,13,19H,7-8,10-11H2,1-2H3,(H,21,22). The van der Waals surface area contributed by atoms with Crippen molar-refractivity contribution in [2.24, 2.45) is 0 Å². The first kappa shape index (κ1) is 19.0. The highest BCUT2D eigenvalue weighted by Crippen LogP contribution is 2.26. The van der Waals surface area contributed by atoms with Crippen LogP contribution < -0.4 is 4.72 Å². The Morgan fingerprint density at radius 3 is 2.69 bits per heavy atom. The Kier molecular flexibility index (Phi) is 5.47. The number of benzene rings is 1. The number of nitrogens with zero attached hydrogens (tertiary/aromatic N) is 1. The summed E-state index contributed by atoms with van der Waals surface area (Å²) >= 11 is 0.789. The van der Waals surface area contributed by atoms with Crippen LogP contribution in [0.1, 0.15) is 33.3 Å². The second kappa shape index (κ2) is 7.48. The number of fused-ring (bicyclic) bond motifs is 1. The fraction of sp³-hybridized carbons (Fsp3) is 0.389. The van der Waals surface area contributed by atoms with E-state index in [9.17, 15) is 13.2 Å². The van der Waals surface area contributed by atoms with Gasteiger partial charge in [0.1, 0.15) is 9.09 Å². The number of carboxylic acids is 1. The maximum Gasteiger partial charge on any atom is 0.346 e. The molecule has 0 bridgehead atoms. The molecule has 2 aromatic rings. The lowest BCUT2D eigenvalue weighted by Crippen LogP contribution is -2.44. The number of aromatic carboxylic acids is 1.